The fraction of sp³-hybridized carbons (Fsp3) is 0.889. The van der Waals surface area contributed by atoms with Crippen molar-refractivity contribution in [3.05, 3.63) is 0 Å². The maximum atomic E-state index is 9.83. The van der Waals surface area contributed by atoms with Gasteiger partial charge in [0.1, 0.15) is 0 Å². The quantitative estimate of drug-likeness (QED) is 0.524. The Hall–Kier alpha value is 0.774. The molecule has 0 saturated carbocycles. The van der Waals surface area contributed by atoms with E-state index in [0.29, 0.717) is 6.42 Å². The molecule has 0 heterocycles. The Morgan fingerprint density at radius 1 is 1.27 bits per heavy atom. The van der Waals surface area contributed by atoms with E-state index in [1.165, 1.54) is 0 Å². The van der Waals surface area contributed by atoms with Crippen LogP contribution in [0.5, 0.6) is 0 Å². The van der Waals surface area contributed by atoms with Crippen LogP contribution in [-0.2, 0) is 37.5 Å². The Morgan fingerprint density at radius 3 is 2.18 bits per heavy atom. The maximum Gasteiger partial charge on any atom is 0 e. The van der Waals surface area contributed by atoms with Crippen LogP contribution < -0.4 is 0 Å². The fourth-order valence-corrected chi connectivity index (χ4v) is 0.830. The molecule has 0 aliphatic carbocycles. The topological polar surface area (TPSA) is 17.1 Å². The first-order valence-corrected chi connectivity index (χ1v) is 4.03. The summed E-state index contributed by atoms with van der Waals surface area (Å²) in [4.78, 5) is 9.83. The summed E-state index contributed by atoms with van der Waals surface area (Å²) in [7, 11) is 0. The summed E-state index contributed by atoms with van der Waals surface area (Å²) >= 11 is 0. The molecule has 0 aliphatic rings. The van der Waals surface area contributed by atoms with Gasteiger partial charge in [-0.1, -0.05) is 33.6 Å². The van der Waals surface area contributed by atoms with E-state index in [1.807, 2.05) is 6.29 Å². The van der Waals surface area contributed by atoms with Crippen molar-refractivity contribution in [1.82, 2.24) is 0 Å². The van der Waals surface area contributed by atoms with Gasteiger partial charge in [0.25, 0.3) is 0 Å². The smallest absolute Gasteiger partial charge is 0 e. The first kappa shape index (κ1) is 14.3. The third-order valence-corrected chi connectivity index (χ3v) is 2.08. The third kappa shape index (κ3) is 8.68. The molecule has 1 radical (unpaired) electrons. The zero-order chi connectivity index (χ0) is 7.98. The van der Waals surface area contributed by atoms with E-state index in [9.17, 15) is 4.79 Å². The Labute approximate surface area is 95.2 Å². The van der Waals surface area contributed by atoms with E-state index in [1.54, 1.807) is 0 Å². The third-order valence-electron chi connectivity index (χ3n) is 2.08. The van der Waals surface area contributed by atoms with E-state index in [0.717, 1.165) is 24.7 Å². The van der Waals surface area contributed by atoms with Gasteiger partial charge in [-0.05, 0) is 11.8 Å². The molecule has 63 valence electrons. The molecule has 1 nitrogen and oxygen atoms in total. The Balaban J connectivity index is 0. The molecule has 0 aliphatic heterocycles. The largest absolute Gasteiger partial charge is 0.542 e. The first-order chi connectivity index (χ1) is 4.68. The van der Waals surface area contributed by atoms with Gasteiger partial charge in [0.15, 0.2) is 0 Å². The molecule has 0 bridgehead atoms. The minimum absolute atomic E-state index is 0. The van der Waals surface area contributed by atoms with Gasteiger partial charge in [0.05, 0.1) is 0 Å². The number of rotatable bonds is 5. The number of carbonyl (C=O) groups excluding carboxylic acids is 1. The molecule has 1 unspecified atom stereocenters. The van der Waals surface area contributed by atoms with Crippen molar-refractivity contribution in [3.8, 4) is 0 Å². The van der Waals surface area contributed by atoms with E-state index < -0.39 is 0 Å². The van der Waals surface area contributed by atoms with Crippen molar-refractivity contribution >= 4 is 6.29 Å². The summed E-state index contributed by atoms with van der Waals surface area (Å²) in [6.07, 6.45) is 4.68. The van der Waals surface area contributed by atoms with E-state index >= 15 is 0 Å². The van der Waals surface area contributed by atoms with Crippen LogP contribution in [0.2, 0.25) is 0 Å². The normalized spacial score (nSPS) is 12.4. The summed E-state index contributed by atoms with van der Waals surface area (Å²) < 4.78 is 0. The molecular weight excluding hydrogens is 213 g/mol. The second-order valence-electron chi connectivity index (χ2n) is 3.26. The molecule has 0 fully saturated rings. The molecule has 0 spiro atoms. The van der Waals surface area contributed by atoms with E-state index in [4.69, 9.17) is 0 Å². The average molecular weight is 230 g/mol. The van der Waals surface area contributed by atoms with E-state index in [-0.39, 0.29) is 32.7 Å². The van der Waals surface area contributed by atoms with Crippen LogP contribution in [0.3, 0.4) is 0 Å². The summed E-state index contributed by atoms with van der Waals surface area (Å²) in [5.41, 5.74) is 0. The molecule has 0 aromatic carbocycles. The second kappa shape index (κ2) is 8.87. The molecule has 0 saturated heterocycles. The second-order valence-corrected chi connectivity index (χ2v) is 3.26. The van der Waals surface area contributed by atoms with Crippen LogP contribution >= 0.6 is 0 Å². The van der Waals surface area contributed by atoms with Crippen molar-refractivity contribution in [3.63, 3.8) is 0 Å². The van der Waals surface area contributed by atoms with Crippen LogP contribution in [0.15, 0.2) is 0 Å². The van der Waals surface area contributed by atoms with Gasteiger partial charge >= 0.3 is 0 Å². The van der Waals surface area contributed by atoms with E-state index in [2.05, 4.69) is 20.8 Å². The first-order valence-electron chi connectivity index (χ1n) is 4.03. The number of hydrogen-bond donors (Lipinski definition) is 0. The molecule has 0 amide bonds. The minimum Gasteiger partial charge on any atom is -0.542 e. The van der Waals surface area contributed by atoms with Crippen LogP contribution in [0.1, 0.15) is 40.0 Å². The Morgan fingerprint density at radius 2 is 1.82 bits per heavy atom. The predicted octanol–water partition coefficient (Wildman–Crippen LogP) is 2.56. The van der Waals surface area contributed by atoms with Gasteiger partial charge in [-0.2, -0.15) is 6.42 Å². The van der Waals surface area contributed by atoms with Crippen molar-refractivity contribution in [2.24, 2.45) is 11.8 Å². The Kier molecular flexibility index (Phi) is 11.5. The zero-order valence-electron chi connectivity index (χ0n) is 7.76. The zero-order valence-corrected chi connectivity index (χ0v) is 10.6. The molecular formula is C9H17OY-. The summed E-state index contributed by atoms with van der Waals surface area (Å²) in [6, 6.07) is 0. The van der Waals surface area contributed by atoms with Gasteiger partial charge in [-0.3, -0.25) is 6.29 Å². The molecule has 0 aromatic heterocycles. The standard InChI is InChI=1S/C9H17O.Y/c1-8(2)9(3)6-4-5-7-10;/h8-9H,4-6H2,1-3H3;/q-1;. The predicted molar refractivity (Wildman–Crippen MR) is 43.5 cm³/mol. The van der Waals surface area contributed by atoms with Gasteiger partial charge in [0.2, 0.25) is 0 Å². The molecule has 2 heteroatoms. The summed E-state index contributed by atoms with van der Waals surface area (Å²) in [5.74, 6) is 1.49. The van der Waals surface area contributed by atoms with Crippen molar-refractivity contribution in [2.75, 3.05) is 0 Å². The van der Waals surface area contributed by atoms with Crippen LogP contribution in [-0.4, -0.2) is 6.29 Å². The fourth-order valence-electron chi connectivity index (χ4n) is 0.830. The Bertz CT molecular complexity index is 91.6. The average Bonchev–Trinajstić information content (AvgIpc) is 1.88. The van der Waals surface area contributed by atoms with Crippen molar-refractivity contribution < 1.29 is 37.5 Å². The van der Waals surface area contributed by atoms with Gasteiger partial charge in [0, 0.05) is 32.7 Å². The summed E-state index contributed by atoms with van der Waals surface area (Å²) in [5, 5.41) is 0. The maximum absolute atomic E-state index is 9.83. The van der Waals surface area contributed by atoms with Crippen LogP contribution in [0, 0.1) is 11.8 Å². The van der Waals surface area contributed by atoms with Gasteiger partial charge < -0.3 is 4.79 Å². The van der Waals surface area contributed by atoms with Crippen molar-refractivity contribution in [1.29, 1.82) is 0 Å². The van der Waals surface area contributed by atoms with Gasteiger partial charge in [-0.25, -0.2) is 0 Å². The van der Waals surface area contributed by atoms with Gasteiger partial charge in [-0.15, -0.1) is 0 Å². The molecule has 0 rings (SSSR count). The monoisotopic (exact) mass is 230 g/mol. The van der Waals surface area contributed by atoms with Crippen LogP contribution in [0.25, 0.3) is 0 Å². The SMILES string of the molecule is CC(C)C(C)CCC[C-]=O.[Y]. The molecule has 1 atom stereocenters. The molecule has 0 aromatic rings. The summed E-state index contributed by atoms with van der Waals surface area (Å²) in [6.45, 7) is 6.67. The molecule has 11 heavy (non-hydrogen) atoms. The van der Waals surface area contributed by atoms with Crippen LogP contribution in [0.4, 0.5) is 0 Å². The number of hydrogen-bond acceptors (Lipinski definition) is 1. The molecule has 0 N–H and O–H groups in total. The minimum atomic E-state index is 0. The van der Waals surface area contributed by atoms with Crippen molar-refractivity contribution in [2.45, 2.75) is 40.0 Å². The number of unbranched alkanes of at least 4 members (excludes halogenated alkanes) is 1.